The van der Waals surface area contributed by atoms with E-state index in [9.17, 15) is 0 Å². The first kappa shape index (κ1) is 14.5. The fourth-order valence-corrected chi connectivity index (χ4v) is 2.76. The molecule has 0 spiro atoms. The van der Waals surface area contributed by atoms with Crippen molar-refractivity contribution < 1.29 is 0 Å². The van der Waals surface area contributed by atoms with Crippen molar-refractivity contribution in [3.63, 3.8) is 0 Å². The summed E-state index contributed by atoms with van der Waals surface area (Å²) in [4.78, 5) is 6.96. The number of nitrogens with zero attached hydrogens (tertiary/aromatic N) is 2. The Hall–Kier alpha value is -0.930. The van der Waals surface area contributed by atoms with Gasteiger partial charge in [0.05, 0.1) is 0 Å². The highest BCUT2D eigenvalue weighted by molar-refractivity contribution is 5.12. The zero-order chi connectivity index (χ0) is 13.5. The van der Waals surface area contributed by atoms with Crippen LogP contribution in [-0.2, 0) is 6.54 Å². The molecule has 19 heavy (non-hydrogen) atoms. The number of aromatic nitrogens is 1. The molecule has 2 heterocycles. The smallest absolute Gasteiger partial charge is 0.0372 e. The van der Waals surface area contributed by atoms with Crippen molar-refractivity contribution in [3.8, 4) is 0 Å². The van der Waals surface area contributed by atoms with Crippen LogP contribution in [0.5, 0.6) is 0 Å². The molecule has 3 nitrogen and oxygen atoms in total. The predicted octanol–water partition coefficient (Wildman–Crippen LogP) is 2.74. The van der Waals surface area contributed by atoms with Crippen LogP contribution in [0.2, 0.25) is 0 Å². The van der Waals surface area contributed by atoms with Crippen molar-refractivity contribution in [3.05, 3.63) is 29.6 Å². The van der Waals surface area contributed by atoms with Crippen molar-refractivity contribution in [1.29, 1.82) is 0 Å². The van der Waals surface area contributed by atoms with E-state index in [-0.39, 0.29) is 0 Å². The lowest BCUT2D eigenvalue weighted by Gasteiger charge is -2.19. The number of hydrogen-bond acceptors (Lipinski definition) is 3. The standard InChI is InChI=1S/C16H27N3/c1-3-9-19-10-4-5-16(8-11-19)18-13-15-7-6-14(2)17-12-15/h6-7,12,16,18H,3-5,8-11,13H2,1-2H3. The first-order valence-electron chi connectivity index (χ1n) is 7.65. The fraction of sp³-hybridized carbons (Fsp3) is 0.688. The van der Waals surface area contributed by atoms with E-state index in [0.29, 0.717) is 6.04 Å². The molecular weight excluding hydrogens is 234 g/mol. The summed E-state index contributed by atoms with van der Waals surface area (Å²) in [6.07, 6.45) is 7.16. The molecule has 3 heteroatoms. The number of likely N-dealkylation sites (tertiary alicyclic amines) is 1. The molecule has 1 aliphatic rings. The summed E-state index contributed by atoms with van der Waals surface area (Å²) in [6.45, 7) is 9.03. The number of hydrogen-bond donors (Lipinski definition) is 1. The Morgan fingerprint density at radius 3 is 2.95 bits per heavy atom. The molecule has 1 aromatic rings. The highest BCUT2D eigenvalue weighted by atomic mass is 15.1. The molecule has 0 radical (unpaired) electrons. The third-order valence-electron chi connectivity index (χ3n) is 3.93. The summed E-state index contributed by atoms with van der Waals surface area (Å²) in [7, 11) is 0. The van der Waals surface area contributed by atoms with E-state index in [1.165, 1.54) is 50.9 Å². The van der Waals surface area contributed by atoms with Crippen molar-refractivity contribution in [2.75, 3.05) is 19.6 Å². The molecule has 2 rings (SSSR count). The van der Waals surface area contributed by atoms with Gasteiger partial charge in [-0.2, -0.15) is 0 Å². The molecule has 1 aliphatic heterocycles. The van der Waals surface area contributed by atoms with Crippen molar-refractivity contribution in [1.82, 2.24) is 15.2 Å². The molecule has 1 saturated heterocycles. The average molecular weight is 261 g/mol. The molecule has 106 valence electrons. The third-order valence-corrected chi connectivity index (χ3v) is 3.93. The van der Waals surface area contributed by atoms with Gasteiger partial charge in [0.25, 0.3) is 0 Å². The maximum atomic E-state index is 4.35. The second-order valence-electron chi connectivity index (χ2n) is 5.66. The summed E-state index contributed by atoms with van der Waals surface area (Å²) in [5, 5.41) is 3.69. The summed E-state index contributed by atoms with van der Waals surface area (Å²) < 4.78 is 0. The Balaban J connectivity index is 1.75. The first-order chi connectivity index (χ1) is 9.28. The maximum Gasteiger partial charge on any atom is 0.0372 e. The summed E-state index contributed by atoms with van der Waals surface area (Å²) in [5.74, 6) is 0. The largest absolute Gasteiger partial charge is 0.310 e. The summed E-state index contributed by atoms with van der Waals surface area (Å²) >= 11 is 0. The summed E-state index contributed by atoms with van der Waals surface area (Å²) in [5.41, 5.74) is 2.38. The van der Waals surface area contributed by atoms with Crippen LogP contribution in [0.4, 0.5) is 0 Å². The van der Waals surface area contributed by atoms with Gasteiger partial charge in [0.1, 0.15) is 0 Å². The van der Waals surface area contributed by atoms with Gasteiger partial charge in [-0.1, -0.05) is 13.0 Å². The van der Waals surface area contributed by atoms with E-state index in [0.717, 1.165) is 12.2 Å². The fourth-order valence-electron chi connectivity index (χ4n) is 2.76. The van der Waals surface area contributed by atoms with Crippen LogP contribution in [0.15, 0.2) is 18.3 Å². The molecule has 1 unspecified atom stereocenters. The van der Waals surface area contributed by atoms with E-state index < -0.39 is 0 Å². The molecule has 0 aliphatic carbocycles. The van der Waals surface area contributed by atoms with Crippen LogP contribution in [0.3, 0.4) is 0 Å². The monoisotopic (exact) mass is 261 g/mol. The van der Waals surface area contributed by atoms with Crippen molar-refractivity contribution in [2.24, 2.45) is 0 Å². The van der Waals surface area contributed by atoms with Crippen LogP contribution in [0.25, 0.3) is 0 Å². The van der Waals surface area contributed by atoms with Crippen LogP contribution >= 0.6 is 0 Å². The molecule has 1 fully saturated rings. The van der Waals surface area contributed by atoms with Crippen molar-refractivity contribution >= 4 is 0 Å². The van der Waals surface area contributed by atoms with Gasteiger partial charge >= 0.3 is 0 Å². The first-order valence-corrected chi connectivity index (χ1v) is 7.65. The van der Waals surface area contributed by atoms with E-state index in [2.05, 4.69) is 34.3 Å². The molecule has 1 aromatic heterocycles. The third kappa shape index (κ3) is 4.92. The SMILES string of the molecule is CCCN1CCCC(NCc2ccc(C)nc2)CC1. The van der Waals surface area contributed by atoms with Gasteiger partial charge in [-0.25, -0.2) is 0 Å². The quantitative estimate of drug-likeness (QED) is 0.883. The average Bonchev–Trinajstić information content (AvgIpc) is 2.64. The van der Waals surface area contributed by atoms with Crippen LogP contribution < -0.4 is 5.32 Å². The lowest BCUT2D eigenvalue weighted by atomic mass is 10.1. The Labute approximate surface area is 117 Å². The van der Waals surface area contributed by atoms with E-state index in [4.69, 9.17) is 0 Å². The van der Waals surface area contributed by atoms with Gasteiger partial charge in [0.15, 0.2) is 0 Å². The number of rotatable bonds is 5. The molecule has 0 amide bonds. The molecule has 1 N–H and O–H groups in total. The number of nitrogens with one attached hydrogen (secondary N) is 1. The van der Waals surface area contributed by atoms with Gasteiger partial charge in [-0.15, -0.1) is 0 Å². The lowest BCUT2D eigenvalue weighted by molar-refractivity contribution is 0.282. The normalized spacial score (nSPS) is 21.3. The van der Waals surface area contributed by atoms with E-state index in [1.54, 1.807) is 0 Å². The minimum absolute atomic E-state index is 0.670. The second-order valence-corrected chi connectivity index (χ2v) is 5.66. The Kier molecular flexibility index (Phi) is 5.80. The molecule has 0 bridgehead atoms. The Bertz CT molecular complexity index is 361. The minimum atomic E-state index is 0.670. The Morgan fingerprint density at radius 2 is 2.21 bits per heavy atom. The van der Waals surface area contributed by atoms with Crippen LogP contribution in [0, 0.1) is 6.92 Å². The molecular formula is C16H27N3. The predicted molar refractivity (Wildman–Crippen MR) is 80.2 cm³/mol. The van der Waals surface area contributed by atoms with Gasteiger partial charge < -0.3 is 10.2 Å². The number of aryl methyl sites for hydroxylation is 1. The van der Waals surface area contributed by atoms with Crippen LogP contribution in [-0.4, -0.2) is 35.6 Å². The van der Waals surface area contributed by atoms with E-state index in [1.807, 2.05) is 13.1 Å². The maximum absolute atomic E-state index is 4.35. The van der Waals surface area contributed by atoms with Gasteiger partial charge in [-0.05, 0) is 63.9 Å². The number of pyridine rings is 1. The second kappa shape index (κ2) is 7.61. The van der Waals surface area contributed by atoms with Crippen molar-refractivity contribution in [2.45, 2.75) is 52.1 Å². The van der Waals surface area contributed by atoms with Gasteiger partial charge in [-0.3, -0.25) is 4.98 Å². The molecule has 1 atom stereocenters. The highest BCUT2D eigenvalue weighted by Crippen LogP contribution is 2.12. The molecule has 0 aromatic carbocycles. The lowest BCUT2D eigenvalue weighted by Crippen LogP contribution is -2.31. The Morgan fingerprint density at radius 1 is 1.32 bits per heavy atom. The summed E-state index contributed by atoms with van der Waals surface area (Å²) in [6, 6.07) is 4.94. The van der Waals surface area contributed by atoms with Gasteiger partial charge in [0.2, 0.25) is 0 Å². The van der Waals surface area contributed by atoms with Crippen LogP contribution in [0.1, 0.15) is 43.9 Å². The molecule has 0 saturated carbocycles. The van der Waals surface area contributed by atoms with E-state index >= 15 is 0 Å². The highest BCUT2D eigenvalue weighted by Gasteiger charge is 2.15. The topological polar surface area (TPSA) is 28.2 Å². The minimum Gasteiger partial charge on any atom is -0.310 e. The zero-order valence-electron chi connectivity index (χ0n) is 12.4. The zero-order valence-corrected chi connectivity index (χ0v) is 12.4. The van der Waals surface area contributed by atoms with Gasteiger partial charge in [0, 0.05) is 24.5 Å².